The second-order valence-electron chi connectivity index (χ2n) is 8.16. The van der Waals surface area contributed by atoms with Crippen LogP contribution >= 0.6 is 22.9 Å². The number of aryl methyl sites for hydroxylation is 3. The Hall–Kier alpha value is -2.82. The minimum absolute atomic E-state index is 0.0658. The topological polar surface area (TPSA) is 96.9 Å². The molecule has 11 heteroatoms. The van der Waals surface area contributed by atoms with Crippen molar-refractivity contribution in [2.24, 2.45) is 0 Å². The van der Waals surface area contributed by atoms with Gasteiger partial charge in [-0.3, -0.25) is 4.31 Å². The van der Waals surface area contributed by atoms with Gasteiger partial charge in [0.25, 0.3) is 0 Å². The number of ether oxygens (including phenoxy) is 1. The molecule has 1 unspecified atom stereocenters. The quantitative estimate of drug-likeness (QED) is 0.336. The molecular formula is C23H25ClN6O2S2. The van der Waals surface area contributed by atoms with Crippen molar-refractivity contribution in [3.05, 3.63) is 63.1 Å². The second-order valence-corrected chi connectivity index (χ2v) is 11.0. The van der Waals surface area contributed by atoms with E-state index in [-0.39, 0.29) is 6.04 Å². The van der Waals surface area contributed by atoms with Crippen LogP contribution in [0.15, 0.2) is 40.1 Å². The number of aromatic amines is 1. The average molecular weight is 517 g/mol. The monoisotopic (exact) mass is 516 g/mol. The van der Waals surface area contributed by atoms with Crippen LogP contribution < -0.4 is 9.04 Å². The summed E-state index contributed by atoms with van der Waals surface area (Å²) in [6.45, 7) is 10.1. The highest BCUT2D eigenvalue weighted by Gasteiger charge is 2.26. The molecule has 34 heavy (non-hydrogen) atoms. The molecule has 0 saturated heterocycles. The molecule has 0 aliphatic heterocycles. The minimum Gasteiger partial charge on any atom is -0.487 e. The first-order chi connectivity index (χ1) is 16.2. The zero-order chi connectivity index (χ0) is 24.4. The minimum atomic E-state index is -1.48. The van der Waals surface area contributed by atoms with Crippen molar-refractivity contribution < 1.29 is 8.95 Å². The van der Waals surface area contributed by atoms with Crippen molar-refractivity contribution >= 4 is 39.6 Å². The number of rotatable bonds is 8. The van der Waals surface area contributed by atoms with E-state index in [0.717, 1.165) is 27.9 Å². The SMILES string of the molecule is Cc1csc(S(=O)N(c2cc(C)c(Cl)cc2OCc2ccc(-c3nn[nH]n3)cc2C)C(C)C)n1. The van der Waals surface area contributed by atoms with Gasteiger partial charge in [0.1, 0.15) is 12.4 Å². The molecule has 0 amide bonds. The Labute approximate surface area is 209 Å². The van der Waals surface area contributed by atoms with Crippen LogP contribution in [0.1, 0.15) is 36.2 Å². The summed E-state index contributed by atoms with van der Waals surface area (Å²) in [5, 5.41) is 16.6. The Kier molecular flexibility index (Phi) is 7.30. The highest BCUT2D eigenvalue weighted by Crippen LogP contribution is 2.38. The largest absolute Gasteiger partial charge is 0.487 e. The van der Waals surface area contributed by atoms with E-state index in [1.165, 1.54) is 11.3 Å². The van der Waals surface area contributed by atoms with Gasteiger partial charge in [-0.15, -0.1) is 21.5 Å². The third-order valence-corrected chi connectivity index (χ3v) is 8.44. The Morgan fingerprint density at radius 1 is 1.18 bits per heavy atom. The van der Waals surface area contributed by atoms with Crippen molar-refractivity contribution in [3.63, 3.8) is 0 Å². The number of anilines is 1. The standard InChI is InChI=1S/C23H25ClN6O2S2/c1-13(2)30(34(31)23-25-16(5)12-33-23)20-9-15(4)19(24)10-21(20)32-11-18-7-6-17(8-14(18)3)22-26-28-29-27-22/h6-10,12-13H,11H2,1-5H3,(H,26,27,28,29). The zero-order valence-corrected chi connectivity index (χ0v) is 21.9. The fraction of sp³-hybridized carbons (Fsp3) is 0.304. The second kappa shape index (κ2) is 10.2. The van der Waals surface area contributed by atoms with Crippen molar-refractivity contribution in [2.75, 3.05) is 4.31 Å². The van der Waals surface area contributed by atoms with Gasteiger partial charge < -0.3 is 4.74 Å². The number of aromatic nitrogens is 5. The van der Waals surface area contributed by atoms with Gasteiger partial charge in [0, 0.05) is 33.8 Å². The van der Waals surface area contributed by atoms with Crippen LogP contribution in [-0.4, -0.2) is 35.9 Å². The fourth-order valence-corrected chi connectivity index (χ4v) is 5.91. The van der Waals surface area contributed by atoms with Gasteiger partial charge in [0.2, 0.25) is 10.2 Å². The molecule has 2 heterocycles. The molecule has 2 aromatic heterocycles. The van der Waals surface area contributed by atoms with E-state index >= 15 is 0 Å². The van der Waals surface area contributed by atoms with Crippen LogP contribution in [0, 0.1) is 20.8 Å². The molecule has 4 rings (SSSR count). The first-order valence-corrected chi connectivity index (χ1v) is 13.0. The molecule has 4 aromatic rings. The summed E-state index contributed by atoms with van der Waals surface area (Å²) in [4.78, 5) is 4.44. The number of benzene rings is 2. The van der Waals surface area contributed by atoms with Crippen LogP contribution in [0.5, 0.6) is 5.75 Å². The molecule has 0 aliphatic carbocycles. The molecule has 0 saturated carbocycles. The van der Waals surface area contributed by atoms with Crippen molar-refractivity contribution in [1.82, 2.24) is 25.6 Å². The summed E-state index contributed by atoms with van der Waals surface area (Å²) >= 11 is 7.84. The maximum Gasteiger partial charge on any atom is 0.204 e. The maximum absolute atomic E-state index is 13.5. The molecule has 8 nitrogen and oxygen atoms in total. The predicted molar refractivity (Wildman–Crippen MR) is 136 cm³/mol. The summed E-state index contributed by atoms with van der Waals surface area (Å²) < 4.78 is 22.1. The molecule has 0 radical (unpaired) electrons. The van der Waals surface area contributed by atoms with Crippen LogP contribution in [0.3, 0.4) is 0 Å². The van der Waals surface area contributed by atoms with E-state index in [4.69, 9.17) is 16.3 Å². The normalized spacial score (nSPS) is 12.2. The molecule has 2 aromatic carbocycles. The number of tetrazole rings is 1. The Morgan fingerprint density at radius 3 is 2.59 bits per heavy atom. The lowest BCUT2D eigenvalue weighted by Crippen LogP contribution is -2.33. The molecular weight excluding hydrogens is 492 g/mol. The lowest BCUT2D eigenvalue weighted by Gasteiger charge is -2.29. The number of hydrogen-bond donors (Lipinski definition) is 1. The lowest BCUT2D eigenvalue weighted by molar-refractivity contribution is 0.306. The van der Waals surface area contributed by atoms with E-state index in [1.807, 2.05) is 68.6 Å². The summed E-state index contributed by atoms with van der Waals surface area (Å²) in [7, 11) is -1.48. The van der Waals surface area contributed by atoms with Gasteiger partial charge in [0.15, 0.2) is 11.0 Å². The average Bonchev–Trinajstić information content (AvgIpc) is 3.47. The summed E-state index contributed by atoms with van der Waals surface area (Å²) in [6, 6.07) is 9.54. The molecule has 0 bridgehead atoms. The summed E-state index contributed by atoms with van der Waals surface area (Å²) in [5.41, 5.74) is 5.34. The first kappa shape index (κ1) is 24.3. The zero-order valence-electron chi connectivity index (χ0n) is 19.5. The van der Waals surface area contributed by atoms with Crippen molar-refractivity contribution in [1.29, 1.82) is 0 Å². The lowest BCUT2D eigenvalue weighted by atomic mass is 10.1. The van der Waals surface area contributed by atoms with E-state index in [9.17, 15) is 4.21 Å². The van der Waals surface area contributed by atoms with Gasteiger partial charge in [-0.1, -0.05) is 23.7 Å². The summed E-state index contributed by atoms with van der Waals surface area (Å²) in [6.07, 6.45) is 0. The number of halogens is 1. The van der Waals surface area contributed by atoms with Gasteiger partial charge >= 0.3 is 0 Å². The van der Waals surface area contributed by atoms with Crippen LogP contribution in [0.2, 0.25) is 5.02 Å². The smallest absolute Gasteiger partial charge is 0.204 e. The van der Waals surface area contributed by atoms with Gasteiger partial charge in [-0.25, -0.2) is 9.19 Å². The van der Waals surface area contributed by atoms with E-state index < -0.39 is 11.0 Å². The van der Waals surface area contributed by atoms with Gasteiger partial charge in [-0.05, 0) is 68.7 Å². The van der Waals surface area contributed by atoms with Crippen LogP contribution in [-0.2, 0) is 17.6 Å². The van der Waals surface area contributed by atoms with Crippen molar-refractivity contribution in [2.45, 2.75) is 51.6 Å². The van der Waals surface area contributed by atoms with Crippen LogP contribution in [0.25, 0.3) is 11.4 Å². The highest BCUT2D eigenvalue weighted by atomic mass is 35.5. The molecule has 0 fully saturated rings. The predicted octanol–water partition coefficient (Wildman–Crippen LogP) is 5.42. The van der Waals surface area contributed by atoms with Crippen molar-refractivity contribution in [3.8, 4) is 17.1 Å². The highest BCUT2D eigenvalue weighted by molar-refractivity contribution is 7.88. The number of hydrogen-bond acceptors (Lipinski definition) is 7. The Morgan fingerprint density at radius 2 is 1.97 bits per heavy atom. The maximum atomic E-state index is 13.5. The van der Waals surface area contributed by atoms with Gasteiger partial charge in [-0.2, -0.15) is 5.21 Å². The molecule has 0 spiro atoms. The van der Waals surface area contributed by atoms with Gasteiger partial charge in [0.05, 0.1) is 5.69 Å². The molecule has 1 N–H and O–H groups in total. The number of thiazole rings is 1. The Bertz CT molecular complexity index is 1320. The van der Waals surface area contributed by atoms with Crippen LogP contribution in [0.4, 0.5) is 5.69 Å². The molecule has 178 valence electrons. The number of H-pyrrole nitrogens is 1. The summed E-state index contributed by atoms with van der Waals surface area (Å²) in [5.74, 6) is 1.10. The Balaban J connectivity index is 1.65. The third-order valence-electron chi connectivity index (χ3n) is 5.20. The first-order valence-electron chi connectivity index (χ1n) is 10.6. The number of nitrogens with zero attached hydrogens (tertiary/aromatic N) is 5. The number of nitrogens with one attached hydrogen (secondary N) is 1. The molecule has 0 aliphatic rings. The van der Waals surface area contributed by atoms with E-state index in [1.54, 1.807) is 6.07 Å². The fourth-order valence-electron chi connectivity index (χ4n) is 3.43. The van der Waals surface area contributed by atoms with E-state index in [2.05, 4.69) is 25.6 Å². The third kappa shape index (κ3) is 5.13. The molecule has 1 atom stereocenters. The van der Waals surface area contributed by atoms with E-state index in [0.29, 0.717) is 33.2 Å².